The van der Waals surface area contributed by atoms with Crippen LogP contribution >= 0.6 is 11.3 Å². The van der Waals surface area contributed by atoms with Crippen LogP contribution in [0.5, 0.6) is 0 Å². The Morgan fingerprint density at radius 3 is 2.48 bits per heavy atom. The second-order valence-electron chi connectivity index (χ2n) is 8.90. The number of hydrogen-bond donors (Lipinski definition) is 2. The maximum Gasteiger partial charge on any atom is 0.410 e. The summed E-state index contributed by atoms with van der Waals surface area (Å²) in [6.07, 6.45) is 0.113. The highest BCUT2D eigenvalue weighted by Crippen LogP contribution is 2.38. The van der Waals surface area contributed by atoms with Gasteiger partial charge in [-0.3, -0.25) is 4.79 Å². The monoisotopic (exact) mass is 490 g/mol. The van der Waals surface area contributed by atoms with Gasteiger partial charge in [-0.2, -0.15) is 5.26 Å². The zero-order valence-corrected chi connectivity index (χ0v) is 20.5. The predicted molar refractivity (Wildman–Crippen MR) is 124 cm³/mol. The molecule has 1 aromatic carbocycles. The molecule has 1 unspecified atom stereocenters. The lowest BCUT2D eigenvalue weighted by Gasteiger charge is -2.34. The van der Waals surface area contributed by atoms with E-state index in [0.717, 1.165) is 10.4 Å². The first-order valence-electron chi connectivity index (χ1n) is 10.2. The standard InChI is InChI=1S/C22H26N4O5S2/c1-13-9-18-17(12-26(13)21(28)31-22(2,3)4)16(11-23)20(32-18)25-19(27)10-14-5-7-15(8-6-14)33(24,29)30/h5-8,13H,9-10,12H2,1-4H3,(H,25,27)(H2,24,29,30). The van der Waals surface area contributed by atoms with E-state index in [0.29, 0.717) is 22.5 Å². The number of fused-ring (bicyclic) bond motifs is 1. The van der Waals surface area contributed by atoms with Crippen LogP contribution in [0.15, 0.2) is 29.2 Å². The van der Waals surface area contributed by atoms with E-state index in [2.05, 4.69) is 11.4 Å². The van der Waals surface area contributed by atoms with Crippen LogP contribution in [0.4, 0.5) is 9.80 Å². The molecule has 0 fully saturated rings. The molecule has 0 radical (unpaired) electrons. The number of nitriles is 1. The Kier molecular flexibility index (Phi) is 6.83. The van der Waals surface area contributed by atoms with E-state index < -0.39 is 21.7 Å². The molecular formula is C22H26N4O5S2. The Morgan fingerprint density at radius 1 is 1.30 bits per heavy atom. The van der Waals surface area contributed by atoms with Gasteiger partial charge in [0.2, 0.25) is 15.9 Å². The zero-order chi connectivity index (χ0) is 24.6. The highest BCUT2D eigenvalue weighted by atomic mass is 32.2. The van der Waals surface area contributed by atoms with Crippen molar-refractivity contribution < 1.29 is 22.7 Å². The van der Waals surface area contributed by atoms with Gasteiger partial charge in [0.1, 0.15) is 16.7 Å². The number of thiophene rings is 1. The number of nitrogens with zero attached hydrogens (tertiary/aromatic N) is 2. The summed E-state index contributed by atoms with van der Waals surface area (Å²) in [5, 5.41) is 18.1. The van der Waals surface area contributed by atoms with E-state index in [9.17, 15) is 23.3 Å². The molecule has 33 heavy (non-hydrogen) atoms. The molecule has 3 N–H and O–H groups in total. The maximum atomic E-state index is 12.6. The zero-order valence-electron chi connectivity index (χ0n) is 18.8. The summed E-state index contributed by atoms with van der Waals surface area (Å²) in [6.45, 7) is 7.54. The number of rotatable bonds is 4. The van der Waals surface area contributed by atoms with E-state index in [1.807, 2.05) is 6.92 Å². The summed E-state index contributed by atoms with van der Waals surface area (Å²) < 4.78 is 28.2. The fourth-order valence-electron chi connectivity index (χ4n) is 3.47. The average Bonchev–Trinajstić information content (AvgIpc) is 3.00. The highest BCUT2D eigenvalue weighted by molar-refractivity contribution is 7.89. The lowest BCUT2D eigenvalue weighted by molar-refractivity contribution is -0.115. The lowest BCUT2D eigenvalue weighted by atomic mass is 10.0. The van der Waals surface area contributed by atoms with E-state index in [1.54, 1.807) is 25.7 Å². The minimum atomic E-state index is -3.80. The fraction of sp³-hybridized carbons (Fsp3) is 0.409. The molecule has 2 aromatic rings. The van der Waals surface area contributed by atoms with Crippen LogP contribution in [-0.2, 0) is 38.9 Å². The third-order valence-electron chi connectivity index (χ3n) is 5.04. The second kappa shape index (κ2) is 9.13. The second-order valence-corrected chi connectivity index (χ2v) is 11.6. The highest BCUT2D eigenvalue weighted by Gasteiger charge is 2.34. The van der Waals surface area contributed by atoms with E-state index in [4.69, 9.17) is 9.88 Å². The SMILES string of the molecule is CC1Cc2sc(NC(=O)Cc3ccc(S(N)(=O)=O)cc3)c(C#N)c2CN1C(=O)OC(C)(C)C. The van der Waals surface area contributed by atoms with Gasteiger partial charge in [-0.1, -0.05) is 12.1 Å². The quantitative estimate of drug-likeness (QED) is 0.674. The summed E-state index contributed by atoms with van der Waals surface area (Å²) in [7, 11) is -3.80. The van der Waals surface area contributed by atoms with Crippen molar-refractivity contribution in [3.8, 4) is 6.07 Å². The molecule has 1 atom stereocenters. The number of sulfonamides is 1. The number of ether oxygens (including phenoxy) is 1. The molecule has 1 aliphatic rings. The first-order chi connectivity index (χ1) is 15.3. The largest absolute Gasteiger partial charge is 0.444 e. The minimum Gasteiger partial charge on any atom is -0.444 e. The topological polar surface area (TPSA) is 143 Å². The fourth-order valence-corrected chi connectivity index (χ4v) is 5.29. The van der Waals surface area contributed by atoms with Crippen molar-refractivity contribution in [2.24, 2.45) is 5.14 Å². The molecule has 0 aliphatic carbocycles. The summed E-state index contributed by atoms with van der Waals surface area (Å²) in [4.78, 5) is 27.7. The number of nitrogens with one attached hydrogen (secondary N) is 1. The Balaban J connectivity index is 1.76. The molecular weight excluding hydrogens is 464 g/mol. The van der Waals surface area contributed by atoms with Crippen molar-refractivity contribution >= 4 is 38.4 Å². The summed E-state index contributed by atoms with van der Waals surface area (Å²) in [5.41, 5.74) is 1.03. The van der Waals surface area contributed by atoms with Crippen molar-refractivity contribution in [2.45, 2.75) is 63.6 Å². The molecule has 0 spiro atoms. The van der Waals surface area contributed by atoms with Crippen LogP contribution in [0, 0.1) is 11.3 Å². The van der Waals surface area contributed by atoms with Crippen molar-refractivity contribution in [2.75, 3.05) is 5.32 Å². The number of nitrogens with two attached hydrogens (primary N) is 1. The molecule has 11 heteroatoms. The Morgan fingerprint density at radius 2 is 1.94 bits per heavy atom. The van der Waals surface area contributed by atoms with Crippen LogP contribution in [0.2, 0.25) is 0 Å². The van der Waals surface area contributed by atoms with Gasteiger partial charge in [-0.25, -0.2) is 18.4 Å². The van der Waals surface area contributed by atoms with E-state index in [-0.39, 0.29) is 29.8 Å². The van der Waals surface area contributed by atoms with Gasteiger partial charge in [-0.05, 0) is 45.4 Å². The molecule has 1 aromatic heterocycles. The van der Waals surface area contributed by atoms with Crippen LogP contribution in [0.3, 0.4) is 0 Å². The summed E-state index contributed by atoms with van der Waals surface area (Å²) in [5.74, 6) is -0.342. The molecule has 0 saturated carbocycles. The van der Waals surface area contributed by atoms with E-state index in [1.165, 1.54) is 35.6 Å². The third kappa shape index (κ3) is 5.90. The average molecular weight is 491 g/mol. The molecule has 0 bridgehead atoms. The van der Waals surface area contributed by atoms with Crippen molar-refractivity contribution in [3.05, 3.63) is 45.8 Å². The van der Waals surface area contributed by atoms with Gasteiger partial charge in [0.05, 0.1) is 23.4 Å². The maximum absolute atomic E-state index is 12.6. The van der Waals surface area contributed by atoms with Gasteiger partial charge >= 0.3 is 6.09 Å². The third-order valence-corrected chi connectivity index (χ3v) is 7.14. The van der Waals surface area contributed by atoms with Gasteiger partial charge < -0.3 is 15.0 Å². The molecule has 1 aliphatic heterocycles. The first-order valence-corrected chi connectivity index (χ1v) is 12.6. The van der Waals surface area contributed by atoms with Crippen molar-refractivity contribution in [1.29, 1.82) is 5.26 Å². The Bertz CT molecular complexity index is 1220. The van der Waals surface area contributed by atoms with Crippen molar-refractivity contribution in [1.82, 2.24) is 4.90 Å². The number of hydrogen-bond acceptors (Lipinski definition) is 7. The minimum absolute atomic E-state index is 0.00122. The van der Waals surface area contributed by atoms with E-state index >= 15 is 0 Å². The molecule has 2 heterocycles. The molecule has 176 valence electrons. The molecule has 0 saturated heterocycles. The van der Waals surface area contributed by atoms with Gasteiger partial charge in [0.15, 0.2) is 0 Å². The number of carbonyl (C=O) groups is 2. The summed E-state index contributed by atoms with van der Waals surface area (Å²) in [6, 6.07) is 7.76. The van der Waals surface area contributed by atoms with Gasteiger partial charge in [-0.15, -0.1) is 11.3 Å². The number of benzene rings is 1. The van der Waals surface area contributed by atoms with Crippen LogP contribution in [0.25, 0.3) is 0 Å². The summed E-state index contributed by atoms with van der Waals surface area (Å²) >= 11 is 1.33. The van der Waals surface area contributed by atoms with Crippen LogP contribution < -0.4 is 10.5 Å². The number of carbonyl (C=O) groups excluding carboxylic acids is 2. The number of anilines is 1. The Labute approximate surface area is 197 Å². The number of amides is 2. The van der Waals surface area contributed by atoms with Crippen molar-refractivity contribution in [3.63, 3.8) is 0 Å². The van der Waals surface area contributed by atoms with Crippen LogP contribution in [0.1, 0.15) is 49.3 Å². The molecule has 3 rings (SSSR count). The number of primary sulfonamides is 1. The van der Waals surface area contributed by atoms with Crippen LogP contribution in [-0.4, -0.2) is 37.0 Å². The molecule has 9 nitrogen and oxygen atoms in total. The predicted octanol–water partition coefficient (Wildman–Crippen LogP) is 3.13. The first kappa shape index (κ1) is 24.7. The van der Waals surface area contributed by atoms with Gasteiger partial charge in [0.25, 0.3) is 0 Å². The normalized spacial score (nSPS) is 16.0. The molecule has 2 amide bonds. The Hall–Kier alpha value is -2.94. The smallest absolute Gasteiger partial charge is 0.410 e. The van der Waals surface area contributed by atoms with Gasteiger partial charge in [0, 0.05) is 22.9 Å². The lowest BCUT2D eigenvalue weighted by Crippen LogP contribution is -2.44.